The van der Waals surface area contributed by atoms with Crippen LogP contribution in [-0.2, 0) is 19.9 Å². The molecule has 0 radical (unpaired) electrons. The number of aliphatic hydroxyl groups is 1. The van der Waals surface area contributed by atoms with Crippen LogP contribution in [0.3, 0.4) is 0 Å². The number of aliphatic carboxylic acids is 1. The van der Waals surface area contributed by atoms with E-state index in [4.69, 9.17) is 14.6 Å². The summed E-state index contributed by atoms with van der Waals surface area (Å²) in [7, 11) is 0. The molecule has 1 atom stereocenters. The highest BCUT2D eigenvalue weighted by molar-refractivity contribution is 5.94. The highest BCUT2D eigenvalue weighted by atomic mass is 19.4. The molecule has 3 fully saturated rings. The molecule has 3 aliphatic rings. The van der Waals surface area contributed by atoms with Crippen molar-refractivity contribution < 1.29 is 47.0 Å². The van der Waals surface area contributed by atoms with E-state index in [1.807, 2.05) is 66.7 Å². The molecule has 0 aliphatic carbocycles. The largest absolute Gasteiger partial charge is 0.542 e. The van der Waals surface area contributed by atoms with E-state index >= 15 is 0 Å². The first-order valence-corrected chi connectivity index (χ1v) is 14.5. The van der Waals surface area contributed by atoms with Gasteiger partial charge in [-0.3, -0.25) is 4.79 Å². The maximum absolute atomic E-state index is 13.7. The van der Waals surface area contributed by atoms with E-state index in [1.165, 1.54) is 0 Å². The van der Waals surface area contributed by atoms with Gasteiger partial charge in [-0.15, -0.1) is 0 Å². The van der Waals surface area contributed by atoms with Crippen LogP contribution in [0.15, 0.2) is 91.0 Å². The first kappa shape index (κ1) is 32.7. The van der Waals surface area contributed by atoms with Crippen LogP contribution in [0, 0.1) is 5.92 Å². The Hall–Kier alpha value is -4.22. The van der Waals surface area contributed by atoms with Gasteiger partial charge in [0.15, 0.2) is 6.10 Å². The Morgan fingerprint density at radius 3 is 1.82 bits per heavy atom. The van der Waals surface area contributed by atoms with Crippen LogP contribution >= 0.6 is 0 Å². The van der Waals surface area contributed by atoms with E-state index in [0.29, 0.717) is 29.2 Å². The van der Waals surface area contributed by atoms with Crippen molar-refractivity contribution in [3.05, 3.63) is 108 Å². The van der Waals surface area contributed by atoms with Gasteiger partial charge in [-0.1, -0.05) is 78.9 Å². The molecule has 234 valence electrons. The number of piperidine rings is 3. The zero-order valence-electron chi connectivity index (χ0n) is 24.0. The van der Waals surface area contributed by atoms with Crippen molar-refractivity contribution in [1.29, 1.82) is 0 Å². The quantitative estimate of drug-likeness (QED) is 0.218. The zero-order chi connectivity index (χ0) is 31.8. The number of ether oxygens (including phenoxy) is 1. The number of hydrogen-bond donors (Lipinski definition) is 2. The Morgan fingerprint density at radius 2 is 1.34 bits per heavy atom. The van der Waals surface area contributed by atoms with Crippen molar-refractivity contribution in [3.8, 4) is 0 Å². The van der Waals surface area contributed by atoms with E-state index in [2.05, 4.69) is 5.32 Å². The number of hydrogen-bond acceptors (Lipinski definition) is 6. The van der Waals surface area contributed by atoms with Crippen LogP contribution in [0.4, 0.5) is 13.2 Å². The van der Waals surface area contributed by atoms with Crippen molar-refractivity contribution in [3.63, 3.8) is 0 Å². The molecule has 0 spiro atoms. The third kappa shape index (κ3) is 7.83. The Labute approximate surface area is 253 Å². The summed E-state index contributed by atoms with van der Waals surface area (Å²) in [6.07, 6.45) is -2.55. The van der Waals surface area contributed by atoms with Gasteiger partial charge in [-0.2, -0.15) is 13.2 Å². The van der Waals surface area contributed by atoms with Crippen LogP contribution in [0.2, 0.25) is 0 Å². The number of nitrogens with zero attached hydrogens (tertiary/aromatic N) is 1. The van der Waals surface area contributed by atoms with Gasteiger partial charge < -0.3 is 29.5 Å². The van der Waals surface area contributed by atoms with E-state index < -0.39 is 23.7 Å². The predicted molar refractivity (Wildman–Crippen MR) is 153 cm³/mol. The number of benzene rings is 3. The lowest BCUT2D eigenvalue weighted by Gasteiger charge is -2.52. The van der Waals surface area contributed by atoms with Crippen molar-refractivity contribution in [2.45, 2.75) is 37.1 Å². The molecule has 8 nitrogen and oxygen atoms in total. The molecule has 0 unspecified atom stereocenters. The van der Waals surface area contributed by atoms with Crippen LogP contribution in [0.25, 0.3) is 0 Å². The van der Waals surface area contributed by atoms with Crippen molar-refractivity contribution in [2.24, 2.45) is 5.92 Å². The number of amides is 1. The molecule has 0 saturated carbocycles. The zero-order valence-corrected chi connectivity index (χ0v) is 24.0. The fourth-order valence-electron chi connectivity index (χ4n) is 5.96. The van der Waals surface area contributed by atoms with E-state index in [1.54, 1.807) is 24.3 Å². The minimum atomic E-state index is -5.19. The molecule has 3 aromatic rings. The molecule has 2 bridgehead atoms. The fourth-order valence-corrected chi connectivity index (χ4v) is 5.96. The smallest absolute Gasteiger partial charge is 0.430 e. The van der Waals surface area contributed by atoms with Gasteiger partial charge >= 0.3 is 12.1 Å². The SMILES string of the molecule is O=C(NCCC[N+]12CCC(CC1)[C@@H](OC(=O)C(O)(c1ccccc1)c1ccccc1)C2)c1ccccc1.O=C([O-])C(F)(F)F. The van der Waals surface area contributed by atoms with Gasteiger partial charge in [-0.05, 0) is 23.3 Å². The van der Waals surface area contributed by atoms with Crippen molar-refractivity contribution in [2.75, 3.05) is 32.7 Å². The molecule has 2 N–H and O–H groups in total. The lowest BCUT2D eigenvalue weighted by atomic mass is 9.82. The van der Waals surface area contributed by atoms with Gasteiger partial charge in [0.05, 0.1) is 19.6 Å². The van der Waals surface area contributed by atoms with E-state index in [9.17, 15) is 27.9 Å². The van der Waals surface area contributed by atoms with E-state index in [0.717, 1.165) is 49.9 Å². The maximum atomic E-state index is 13.7. The maximum Gasteiger partial charge on any atom is 0.430 e. The summed E-state index contributed by atoms with van der Waals surface area (Å²) in [4.78, 5) is 34.8. The van der Waals surface area contributed by atoms with Crippen molar-refractivity contribution in [1.82, 2.24) is 5.32 Å². The highest BCUT2D eigenvalue weighted by Gasteiger charge is 2.50. The molecule has 44 heavy (non-hydrogen) atoms. The third-order valence-electron chi connectivity index (χ3n) is 8.34. The molecule has 3 aliphatic heterocycles. The molecule has 1 amide bonds. The summed E-state index contributed by atoms with van der Waals surface area (Å²) in [5, 5.41) is 23.6. The number of carboxylic acids is 1. The van der Waals surface area contributed by atoms with Gasteiger partial charge in [0, 0.05) is 37.3 Å². The van der Waals surface area contributed by atoms with Crippen LogP contribution in [0.5, 0.6) is 0 Å². The number of carbonyl (C=O) groups is 3. The number of halogens is 3. The molecular weight excluding hydrogens is 577 g/mol. The third-order valence-corrected chi connectivity index (χ3v) is 8.34. The fraction of sp³-hybridized carbons (Fsp3) is 0.364. The summed E-state index contributed by atoms with van der Waals surface area (Å²) >= 11 is 0. The van der Waals surface area contributed by atoms with Crippen LogP contribution in [0.1, 0.15) is 40.7 Å². The molecule has 3 heterocycles. The highest BCUT2D eigenvalue weighted by Crippen LogP contribution is 2.38. The molecular formula is C33H35F3N2O6. The number of esters is 1. The van der Waals surface area contributed by atoms with Gasteiger partial charge in [0.1, 0.15) is 12.5 Å². The Bertz CT molecular complexity index is 1360. The topological polar surface area (TPSA) is 116 Å². The normalized spacial score (nSPS) is 21.0. The lowest BCUT2D eigenvalue weighted by molar-refractivity contribution is -0.946. The summed E-state index contributed by atoms with van der Waals surface area (Å²) in [6.45, 7) is 4.42. The standard InChI is InChI=1S/C31H34N2O4.C2HF3O2/c34-29(25-11-4-1-5-12-25)32-19-10-20-33-21-17-24(18-22-33)28(23-33)37-30(35)31(36,26-13-6-2-7-14-26)27-15-8-3-9-16-27;3-2(4,5)1(6)7/h1-9,11-16,24,28,36H,10,17-23H2;(H,6,7)/t24?,28-,33?;/m0./s1. The average molecular weight is 613 g/mol. The van der Waals surface area contributed by atoms with Crippen molar-refractivity contribution >= 4 is 17.8 Å². The minimum absolute atomic E-state index is 0.0501. The van der Waals surface area contributed by atoms with E-state index in [-0.39, 0.29) is 12.0 Å². The Morgan fingerprint density at radius 1 is 0.864 bits per heavy atom. The number of fused-ring (bicyclic) bond motifs is 3. The minimum Gasteiger partial charge on any atom is -0.542 e. The van der Waals surface area contributed by atoms with Gasteiger partial charge in [0.25, 0.3) is 5.91 Å². The molecule has 3 saturated heterocycles. The second-order valence-corrected chi connectivity index (χ2v) is 11.2. The predicted octanol–water partition coefficient (Wildman–Crippen LogP) is 3.19. The monoisotopic (exact) mass is 612 g/mol. The summed E-state index contributed by atoms with van der Waals surface area (Å²) in [6, 6.07) is 27.3. The molecule has 0 aromatic heterocycles. The molecule has 11 heteroatoms. The number of carbonyl (C=O) groups excluding carboxylic acids is 3. The lowest BCUT2D eigenvalue weighted by Crippen LogP contribution is -2.65. The van der Waals surface area contributed by atoms with Gasteiger partial charge in [0.2, 0.25) is 5.60 Å². The number of carboxylic acid groups (broad SMARTS) is 1. The van der Waals surface area contributed by atoms with Gasteiger partial charge in [-0.25, -0.2) is 4.79 Å². The first-order valence-electron chi connectivity index (χ1n) is 14.5. The summed E-state index contributed by atoms with van der Waals surface area (Å²) in [5.74, 6) is -3.35. The summed E-state index contributed by atoms with van der Waals surface area (Å²) < 4.78 is 38.6. The Kier molecular flexibility index (Phi) is 10.4. The average Bonchev–Trinajstić information content (AvgIpc) is 3.04. The first-order chi connectivity index (χ1) is 20.9. The summed E-state index contributed by atoms with van der Waals surface area (Å²) in [5.41, 5.74) is -0.179. The Balaban J connectivity index is 0.000000566. The number of rotatable bonds is 9. The second-order valence-electron chi connectivity index (χ2n) is 11.2. The number of alkyl halides is 3. The number of quaternary nitrogens is 1. The van der Waals surface area contributed by atoms with Crippen LogP contribution in [-0.4, -0.2) is 72.4 Å². The van der Waals surface area contributed by atoms with Crippen LogP contribution < -0.4 is 10.4 Å². The number of nitrogens with one attached hydrogen (secondary N) is 1. The second kappa shape index (κ2) is 14.0. The molecule has 3 aromatic carbocycles. The molecule has 6 rings (SSSR count).